The highest BCUT2D eigenvalue weighted by Crippen LogP contribution is 2.19. The summed E-state index contributed by atoms with van der Waals surface area (Å²) >= 11 is 0. The summed E-state index contributed by atoms with van der Waals surface area (Å²) in [7, 11) is 0. The maximum Gasteiger partial charge on any atom is 0.233 e. The lowest BCUT2D eigenvalue weighted by Crippen LogP contribution is -2.28. The van der Waals surface area contributed by atoms with E-state index in [9.17, 15) is 0 Å². The van der Waals surface area contributed by atoms with Gasteiger partial charge < -0.3 is 15.0 Å². The van der Waals surface area contributed by atoms with Gasteiger partial charge in [0, 0.05) is 6.54 Å². The van der Waals surface area contributed by atoms with Gasteiger partial charge in [-0.2, -0.15) is 4.98 Å². The van der Waals surface area contributed by atoms with Crippen molar-refractivity contribution in [3.05, 3.63) is 42.0 Å². The van der Waals surface area contributed by atoms with Crippen molar-refractivity contribution in [1.82, 2.24) is 10.1 Å². The molecule has 0 atom stereocenters. The van der Waals surface area contributed by atoms with E-state index in [1.807, 2.05) is 44.2 Å². The van der Waals surface area contributed by atoms with Crippen molar-refractivity contribution < 1.29 is 9.26 Å². The molecule has 0 saturated carbocycles. The molecule has 18 heavy (non-hydrogen) atoms. The van der Waals surface area contributed by atoms with Gasteiger partial charge >= 0.3 is 0 Å². The molecular formula is C13H17N3O2. The Labute approximate surface area is 106 Å². The lowest BCUT2D eigenvalue weighted by molar-refractivity contribution is 0.278. The Morgan fingerprint density at radius 1 is 1.28 bits per heavy atom. The zero-order chi connectivity index (χ0) is 13.0. The van der Waals surface area contributed by atoms with E-state index in [-0.39, 0.29) is 12.0 Å². The zero-order valence-corrected chi connectivity index (χ0v) is 10.6. The van der Waals surface area contributed by atoms with Crippen molar-refractivity contribution in [2.75, 3.05) is 6.54 Å². The van der Waals surface area contributed by atoms with Crippen molar-refractivity contribution in [2.45, 2.75) is 25.9 Å². The van der Waals surface area contributed by atoms with Crippen LogP contribution < -0.4 is 10.5 Å². The second-order valence-electron chi connectivity index (χ2n) is 4.71. The van der Waals surface area contributed by atoms with Crippen molar-refractivity contribution in [1.29, 1.82) is 0 Å². The van der Waals surface area contributed by atoms with Crippen LogP contribution in [0.4, 0.5) is 0 Å². The van der Waals surface area contributed by atoms with Crippen molar-refractivity contribution in [3.8, 4) is 5.75 Å². The summed E-state index contributed by atoms with van der Waals surface area (Å²) in [4.78, 5) is 4.29. The van der Waals surface area contributed by atoms with Gasteiger partial charge in [-0.15, -0.1) is 0 Å². The molecule has 2 rings (SSSR count). The lowest BCUT2D eigenvalue weighted by atomic mass is 9.94. The fraction of sp³-hybridized carbons (Fsp3) is 0.385. The molecule has 0 aliphatic carbocycles. The van der Waals surface area contributed by atoms with Crippen LogP contribution in [0.3, 0.4) is 0 Å². The van der Waals surface area contributed by atoms with E-state index >= 15 is 0 Å². The van der Waals surface area contributed by atoms with Crippen molar-refractivity contribution in [2.24, 2.45) is 5.73 Å². The Hall–Kier alpha value is -1.88. The Balaban J connectivity index is 1.99. The average molecular weight is 247 g/mol. The van der Waals surface area contributed by atoms with Gasteiger partial charge in [0.05, 0.1) is 5.41 Å². The molecule has 0 amide bonds. The standard InChI is InChI=1S/C13H17N3O2/c1-13(2,9-14)12-15-11(16-18-12)8-17-10-6-4-3-5-7-10/h3-7H,8-9,14H2,1-2H3. The third-order valence-electron chi connectivity index (χ3n) is 2.67. The summed E-state index contributed by atoms with van der Waals surface area (Å²) in [6.45, 7) is 4.66. The van der Waals surface area contributed by atoms with Gasteiger partial charge in [0.1, 0.15) is 5.75 Å². The van der Waals surface area contributed by atoms with Crippen LogP contribution in [0, 0.1) is 0 Å². The summed E-state index contributed by atoms with van der Waals surface area (Å²) < 4.78 is 10.7. The van der Waals surface area contributed by atoms with Gasteiger partial charge in [-0.25, -0.2) is 0 Å². The Morgan fingerprint density at radius 2 is 2.00 bits per heavy atom. The van der Waals surface area contributed by atoms with Crippen LogP contribution in [0.15, 0.2) is 34.9 Å². The summed E-state index contributed by atoms with van der Waals surface area (Å²) in [6, 6.07) is 9.52. The highest BCUT2D eigenvalue weighted by Gasteiger charge is 2.25. The van der Waals surface area contributed by atoms with E-state index < -0.39 is 0 Å². The molecule has 0 fully saturated rings. The maximum absolute atomic E-state index is 5.65. The second-order valence-corrected chi connectivity index (χ2v) is 4.71. The van der Waals surface area contributed by atoms with E-state index in [4.69, 9.17) is 15.0 Å². The molecule has 0 spiro atoms. The van der Waals surface area contributed by atoms with Crippen molar-refractivity contribution in [3.63, 3.8) is 0 Å². The molecule has 0 radical (unpaired) electrons. The Kier molecular flexibility index (Phi) is 3.62. The van der Waals surface area contributed by atoms with Crippen LogP contribution >= 0.6 is 0 Å². The van der Waals surface area contributed by atoms with Gasteiger partial charge in [0.15, 0.2) is 6.61 Å². The quantitative estimate of drug-likeness (QED) is 0.873. The first-order chi connectivity index (χ1) is 8.62. The number of hydrogen-bond acceptors (Lipinski definition) is 5. The number of hydrogen-bond donors (Lipinski definition) is 1. The van der Waals surface area contributed by atoms with Crippen LogP contribution in [0.25, 0.3) is 0 Å². The number of ether oxygens (including phenoxy) is 1. The molecule has 0 aliphatic rings. The van der Waals surface area contributed by atoms with Gasteiger partial charge in [-0.3, -0.25) is 0 Å². The Bertz CT molecular complexity index is 494. The van der Waals surface area contributed by atoms with Gasteiger partial charge in [0.2, 0.25) is 11.7 Å². The van der Waals surface area contributed by atoms with E-state index in [2.05, 4.69) is 10.1 Å². The molecule has 2 aromatic rings. The molecule has 1 aromatic heterocycles. The van der Waals surface area contributed by atoms with E-state index in [0.29, 0.717) is 18.3 Å². The molecule has 96 valence electrons. The number of nitrogens with two attached hydrogens (primary N) is 1. The van der Waals surface area contributed by atoms with Crippen molar-refractivity contribution >= 4 is 0 Å². The number of aromatic nitrogens is 2. The summed E-state index contributed by atoms with van der Waals surface area (Å²) in [5.74, 6) is 1.84. The third-order valence-corrected chi connectivity index (χ3v) is 2.67. The molecule has 5 heteroatoms. The normalized spacial score (nSPS) is 11.5. The van der Waals surface area contributed by atoms with E-state index in [1.54, 1.807) is 0 Å². The summed E-state index contributed by atoms with van der Waals surface area (Å²) in [5.41, 5.74) is 5.35. The number of benzene rings is 1. The van der Waals surface area contributed by atoms with Gasteiger partial charge in [-0.1, -0.05) is 23.4 Å². The topological polar surface area (TPSA) is 74.2 Å². The SMILES string of the molecule is CC(C)(CN)c1nc(COc2ccccc2)no1. The van der Waals surface area contributed by atoms with Crippen LogP contribution in [0.2, 0.25) is 0 Å². The summed E-state index contributed by atoms with van der Waals surface area (Å²) in [6.07, 6.45) is 0. The fourth-order valence-corrected chi connectivity index (χ4v) is 1.34. The monoisotopic (exact) mass is 247 g/mol. The van der Waals surface area contributed by atoms with E-state index in [0.717, 1.165) is 5.75 Å². The van der Waals surface area contributed by atoms with E-state index in [1.165, 1.54) is 0 Å². The molecule has 0 unspecified atom stereocenters. The molecule has 0 bridgehead atoms. The second kappa shape index (κ2) is 5.18. The number of para-hydroxylation sites is 1. The smallest absolute Gasteiger partial charge is 0.233 e. The molecule has 5 nitrogen and oxygen atoms in total. The molecule has 1 heterocycles. The molecule has 0 saturated heterocycles. The Morgan fingerprint density at radius 3 is 2.67 bits per heavy atom. The number of rotatable bonds is 5. The first-order valence-corrected chi connectivity index (χ1v) is 5.83. The minimum Gasteiger partial charge on any atom is -0.485 e. The third kappa shape index (κ3) is 2.87. The largest absolute Gasteiger partial charge is 0.485 e. The minimum absolute atomic E-state index is 0.286. The van der Waals surface area contributed by atoms with Gasteiger partial charge in [-0.05, 0) is 26.0 Å². The predicted molar refractivity (Wildman–Crippen MR) is 67.2 cm³/mol. The average Bonchev–Trinajstić information content (AvgIpc) is 2.87. The van der Waals surface area contributed by atoms with Crippen LogP contribution in [0.1, 0.15) is 25.6 Å². The lowest BCUT2D eigenvalue weighted by Gasteiger charge is -2.15. The predicted octanol–water partition coefficient (Wildman–Crippen LogP) is 1.88. The minimum atomic E-state index is -0.308. The number of nitrogens with zero attached hydrogens (tertiary/aromatic N) is 2. The van der Waals surface area contributed by atoms with Crippen LogP contribution in [-0.4, -0.2) is 16.7 Å². The first-order valence-electron chi connectivity index (χ1n) is 5.83. The fourth-order valence-electron chi connectivity index (χ4n) is 1.34. The highest BCUT2D eigenvalue weighted by atomic mass is 16.5. The summed E-state index contributed by atoms with van der Waals surface area (Å²) in [5, 5.41) is 3.88. The van der Waals surface area contributed by atoms with Crippen LogP contribution in [0.5, 0.6) is 5.75 Å². The zero-order valence-electron chi connectivity index (χ0n) is 10.6. The molecule has 2 N–H and O–H groups in total. The highest BCUT2D eigenvalue weighted by molar-refractivity contribution is 5.21. The van der Waals surface area contributed by atoms with Gasteiger partial charge in [0.25, 0.3) is 0 Å². The molecule has 1 aromatic carbocycles. The first kappa shape index (κ1) is 12.6. The van der Waals surface area contributed by atoms with Crippen LogP contribution in [-0.2, 0) is 12.0 Å². The molecule has 0 aliphatic heterocycles. The maximum atomic E-state index is 5.65. The molecular weight excluding hydrogens is 230 g/mol.